The molecule has 0 aliphatic rings. The van der Waals surface area contributed by atoms with Crippen molar-refractivity contribution in [1.82, 2.24) is 9.78 Å². The van der Waals surface area contributed by atoms with Crippen molar-refractivity contribution in [2.24, 2.45) is 0 Å². The Morgan fingerprint density at radius 3 is 2.38 bits per heavy atom. The Hall–Kier alpha value is -2.31. The minimum absolute atomic E-state index is 0.231. The fraction of sp³-hybridized carbons (Fsp3) is 0.286. The molecule has 1 N–H and O–H groups in total. The molecule has 0 fully saturated rings. The molecule has 1 aromatic heterocycles. The Balaban J connectivity index is 2.12. The van der Waals surface area contributed by atoms with Gasteiger partial charge in [-0.25, -0.2) is 0 Å². The van der Waals surface area contributed by atoms with E-state index in [0.29, 0.717) is 6.54 Å². The normalized spacial score (nSPS) is 11.5. The SMILES string of the molecule is CCn1nc(C(=O)Nc2ccc(C(F)(F)F)cc2)cc1C. The average molecular weight is 297 g/mol. The zero-order chi connectivity index (χ0) is 15.6. The first-order valence-corrected chi connectivity index (χ1v) is 6.34. The van der Waals surface area contributed by atoms with E-state index in [1.807, 2.05) is 13.8 Å². The second kappa shape index (κ2) is 5.59. The number of carbonyl (C=O) groups excluding carboxylic acids is 1. The lowest BCUT2D eigenvalue weighted by Crippen LogP contribution is -2.13. The predicted octanol–water partition coefficient (Wildman–Crippen LogP) is 3.48. The van der Waals surface area contributed by atoms with Crippen LogP contribution in [0.3, 0.4) is 0 Å². The molecule has 0 saturated heterocycles. The van der Waals surface area contributed by atoms with E-state index >= 15 is 0 Å². The molecule has 0 bridgehead atoms. The van der Waals surface area contributed by atoms with Gasteiger partial charge in [-0.3, -0.25) is 9.48 Å². The standard InChI is InChI=1S/C14H14F3N3O/c1-3-20-9(2)8-12(19-20)13(21)18-11-6-4-10(5-7-11)14(15,16)17/h4-8H,3H2,1-2H3,(H,18,21). The highest BCUT2D eigenvalue weighted by atomic mass is 19.4. The molecule has 21 heavy (non-hydrogen) atoms. The second-order valence-electron chi connectivity index (χ2n) is 4.52. The van der Waals surface area contributed by atoms with Gasteiger partial charge in [-0.05, 0) is 44.2 Å². The van der Waals surface area contributed by atoms with Crippen LogP contribution in [0.4, 0.5) is 18.9 Å². The number of halogens is 3. The molecule has 2 aromatic rings. The van der Waals surface area contributed by atoms with Crippen LogP contribution in [-0.4, -0.2) is 15.7 Å². The van der Waals surface area contributed by atoms with Crippen LogP contribution < -0.4 is 5.32 Å². The fourth-order valence-electron chi connectivity index (χ4n) is 1.88. The third kappa shape index (κ3) is 3.42. The minimum Gasteiger partial charge on any atom is -0.321 e. The van der Waals surface area contributed by atoms with Crippen molar-refractivity contribution in [3.05, 3.63) is 47.3 Å². The lowest BCUT2D eigenvalue weighted by molar-refractivity contribution is -0.137. The number of carbonyl (C=O) groups is 1. The van der Waals surface area contributed by atoms with Crippen LogP contribution in [0.25, 0.3) is 0 Å². The number of aromatic nitrogens is 2. The summed E-state index contributed by atoms with van der Waals surface area (Å²) >= 11 is 0. The van der Waals surface area contributed by atoms with Gasteiger partial charge in [0, 0.05) is 17.9 Å². The Morgan fingerprint density at radius 2 is 1.90 bits per heavy atom. The first-order chi connectivity index (χ1) is 9.81. The highest BCUT2D eigenvalue weighted by molar-refractivity contribution is 6.02. The highest BCUT2D eigenvalue weighted by Crippen LogP contribution is 2.29. The van der Waals surface area contributed by atoms with E-state index in [-0.39, 0.29) is 11.4 Å². The van der Waals surface area contributed by atoms with Gasteiger partial charge in [-0.2, -0.15) is 18.3 Å². The van der Waals surface area contributed by atoms with Gasteiger partial charge >= 0.3 is 6.18 Å². The number of nitrogens with one attached hydrogen (secondary N) is 1. The summed E-state index contributed by atoms with van der Waals surface area (Å²) in [5.41, 5.74) is 0.604. The number of anilines is 1. The molecule has 1 aromatic carbocycles. The number of hydrogen-bond acceptors (Lipinski definition) is 2. The topological polar surface area (TPSA) is 46.9 Å². The van der Waals surface area contributed by atoms with Crippen molar-refractivity contribution in [2.75, 3.05) is 5.32 Å². The number of rotatable bonds is 3. The summed E-state index contributed by atoms with van der Waals surface area (Å²) in [6, 6.07) is 5.90. The Morgan fingerprint density at radius 1 is 1.29 bits per heavy atom. The van der Waals surface area contributed by atoms with E-state index in [0.717, 1.165) is 17.8 Å². The second-order valence-corrected chi connectivity index (χ2v) is 4.52. The van der Waals surface area contributed by atoms with E-state index in [4.69, 9.17) is 0 Å². The van der Waals surface area contributed by atoms with E-state index in [1.165, 1.54) is 12.1 Å². The molecule has 0 aliphatic heterocycles. The summed E-state index contributed by atoms with van der Waals surface area (Å²) in [5, 5.41) is 6.63. The van der Waals surface area contributed by atoms with Gasteiger partial charge in [-0.15, -0.1) is 0 Å². The van der Waals surface area contributed by atoms with Gasteiger partial charge in [-0.1, -0.05) is 0 Å². The van der Waals surface area contributed by atoms with E-state index in [2.05, 4.69) is 10.4 Å². The van der Waals surface area contributed by atoms with Crippen LogP contribution in [0, 0.1) is 6.92 Å². The summed E-state index contributed by atoms with van der Waals surface area (Å²) in [6.07, 6.45) is -4.39. The van der Waals surface area contributed by atoms with Gasteiger partial charge in [0.15, 0.2) is 5.69 Å². The zero-order valence-electron chi connectivity index (χ0n) is 11.5. The molecule has 0 unspecified atom stereocenters. The number of amides is 1. The Kier molecular flexibility index (Phi) is 4.02. The van der Waals surface area contributed by atoms with Gasteiger partial charge < -0.3 is 5.32 Å². The molecular formula is C14H14F3N3O. The maximum absolute atomic E-state index is 12.4. The van der Waals surface area contributed by atoms with Crippen molar-refractivity contribution in [3.63, 3.8) is 0 Å². The first kappa shape index (κ1) is 15.1. The van der Waals surface area contributed by atoms with Crippen LogP contribution in [0.2, 0.25) is 0 Å². The highest BCUT2D eigenvalue weighted by Gasteiger charge is 2.30. The molecule has 1 amide bonds. The summed E-state index contributed by atoms with van der Waals surface area (Å²) in [6.45, 7) is 4.36. The predicted molar refractivity (Wildman–Crippen MR) is 72.0 cm³/mol. The Bertz CT molecular complexity index is 644. The molecule has 0 saturated carbocycles. The van der Waals surface area contributed by atoms with Gasteiger partial charge in [0.25, 0.3) is 5.91 Å². The third-order valence-corrected chi connectivity index (χ3v) is 2.98. The smallest absolute Gasteiger partial charge is 0.321 e. The molecule has 7 heteroatoms. The minimum atomic E-state index is -4.39. The molecule has 1 heterocycles. The van der Waals surface area contributed by atoms with Crippen molar-refractivity contribution < 1.29 is 18.0 Å². The van der Waals surface area contributed by atoms with E-state index in [1.54, 1.807) is 10.7 Å². The number of nitrogens with zero attached hydrogens (tertiary/aromatic N) is 2. The molecule has 0 atom stereocenters. The maximum atomic E-state index is 12.4. The van der Waals surface area contributed by atoms with Crippen molar-refractivity contribution in [3.8, 4) is 0 Å². The van der Waals surface area contributed by atoms with Crippen LogP contribution in [0.15, 0.2) is 30.3 Å². The van der Waals surface area contributed by atoms with Crippen LogP contribution in [0.1, 0.15) is 28.7 Å². The summed E-state index contributed by atoms with van der Waals surface area (Å²) in [4.78, 5) is 12.0. The van der Waals surface area contributed by atoms with E-state index < -0.39 is 17.6 Å². The third-order valence-electron chi connectivity index (χ3n) is 2.98. The van der Waals surface area contributed by atoms with Gasteiger partial charge in [0.05, 0.1) is 5.56 Å². The number of hydrogen-bond donors (Lipinski definition) is 1. The van der Waals surface area contributed by atoms with Gasteiger partial charge in [0.2, 0.25) is 0 Å². The van der Waals surface area contributed by atoms with Crippen LogP contribution in [-0.2, 0) is 12.7 Å². The monoisotopic (exact) mass is 297 g/mol. The van der Waals surface area contributed by atoms with Crippen molar-refractivity contribution in [2.45, 2.75) is 26.6 Å². The quantitative estimate of drug-likeness (QED) is 0.942. The maximum Gasteiger partial charge on any atom is 0.416 e. The molecule has 2 rings (SSSR count). The zero-order valence-corrected chi connectivity index (χ0v) is 11.5. The molecule has 0 aliphatic carbocycles. The molecule has 112 valence electrons. The van der Waals surface area contributed by atoms with Crippen LogP contribution >= 0.6 is 0 Å². The molecule has 0 spiro atoms. The first-order valence-electron chi connectivity index (χ1n) is 6.34. The average Bonchev–Trinajstić information content (AvgIpc) is 2.79. The van der Waals surface area contributed by atoms with Crippen LogP contribution in [0.5, 0.6) is 0 Å². The largest absolute Gasteiger partial charge is 0.416 e. The van der Waals surface area contributed by atoms with E-state index in [9.17, 15) is 18.0 Å². The number of aryl methyl sites for hydroxylation is 2. The van der Waals surface area contributed by atoms with Crippen molar-refractivity contribution >= 4 is 11.6 Å². The Labute approximate surface area is 119 Å². The lowest BCUT2D eigenvalue weighted by Gasteiger charge is -2.08. The number of benzene rings is 1. The summed E-state index contributed by atoms with van der Waals surface area (Å²) in [7, 11) is 0. The summed E-state index contributed by atoms with van der Waals surface area (Å²) in [5.74, 6) is -0.454. The fourth-order valence-corrected chi connectivity index (χ4v) is 1.88. The number of alkyl halides is 3. The van der Waals surface area contributed by atoms with Crippen molar-refractivity contribution in [1.29, 1.82) is 0 Å². The lowest BCUT2D eigenvalue weighted by atomic mass is 10.2. The molecular weight excluding hydrogens is 283 g/mol. The van der Waals surface area contributed by atoms with Gasteiger partial charge in [0.1, 0.15) is 0 Å². The summed E-state index contributed by atoms with van der Waals surface area (Å²) < 4.78 is 39.0. The molecule has 0 radical (unpaired) electrons. The molecule has 4 nitrogen and oxygen atoms in total.